The van der Waals surface area contributed by atoms with Crippen LogP contribution < -0.4 is 5.73 Å². The van der Waals surface area contributed by atoms with Crippen molar-refractivity contribution < 1.29 is 4.92 Å². The van der Waals surface area contributed by atoms with Gasteiger partial charge in [-0.2, -0.15) is 5.10 Å². The van der Waals surface area contributed by atoms with Gasteiger partial charge in [-0.1, -0.05) is 17.8 Å². The fourth-order valence-corrected chi connectivity index (χ4v) is 2.26. The zero-order chi connectivity index (χ0) is 13.1. The Hall–Kier alpha value is -2.09. The monoisotopic (exact) mass is 265 g/mol. The van der Waals surface area contributed by atoms with Gasteiger partial charge in [-0.25, -0.2) is 9.67 Å². The fourth-order valence-electron chi connectivity index (χ4n) is 1.42. The number of benzene rings is 1. The molecule has 18 heavy (non-hydrogen) atoms. The van der Waals surface area contributed by atoms with E-state index in [-0.39, 0.29) is 11.4 Å². The molecule has 0 aliphatic rings. The van der Waals surface area contributed by atoms with Crippen molar-refractivity contribution >= 4 is 23.1 Å². The first kappa shape index (κ1) is 12.4. The lowest BCUT2D eigenvalue weighted by atomic mass is 10.2. The largest absolute Gasteiger partial charge is 0.393 e. The highest BCUT2D eigenvalue weighted by Gasteiger charge is 2.11. The molecule has 2 rings (SSSR count). The van der Waals surface area contributed by atoms with Crippen LogP contribution in [0, 0.1) is 10.1 Å². The highest BCUT2D eigenvalue weighted by Crippen LogP contribution is 2.26. The molecule has 0 atom stereocenters. The van der Waals surface area contributed by atoms with Gasteiger partial charge in [-0.3, -0.25) is 10.1 Å². The van der Waals surface area contributed by atoms with Gasteiger partial charge < -0.3 is 5.73 Å². The van der Waals surface area contributed by atoms with E-state index in [0.29, 0.717) is 5.75 Å². The second-order valence-corrected chi connectivity index (χ2v) is 4.55. The van der Waals surface area contributed by atoms with Gasteiger partial charge in [0.25, 0.3) is 5.69 Å². The molecule has 2 aromatic rings. The van der Waals surface area contributed by atoms with Crippen LogP contribution >= 0.6 is 11.8 Å². The summed E-state index contributed by atoms with van der Waals surface area (Å²) in [7, 11) is 1.81. The van der Waals surface area contributed by atoms with Crippen LogP contribution in [0.3, 0.4) is 0 Å². The second kappa shape index (κ2) is 5.05. The van der Waals surface area contributed by atoms with E-state index in [2.05, 4.69) is 10.1 Å². The Balaban J connectivity index is 2.09. The van der Waals surface area contributed by atoms with Crippen LogP contribution in [0.1, 0.15) is 5.56 Å². The number of hydrogen-bond donors (Lipinski definition) is 1. The number of aryl methyl sites for hydroxylation is 1. The van der Waals surface area contributed by atoms with Crippen molar-refractivity contribution in [1.82, 2.24) is 14.8 Å². The molecule has 0 radical (unpaired) electrons. The first-order chi connectivity index (χ1) is 8.58. The molecule has 0 spiro atoms. The van der Waals surface area contributed by atoms with E-state index in [1.54, 1.807) is 23.9 Å². The minimum absolute atomic E-state index is 0.0672. The molecule has 0 saturated heterocycles. The molecule has 0 unspecified atom stereocenters. The molecule has 0 amide bonds. The van der Waals surface area contributed by atoms with Crippen LogP contribution in [0.5, 0.6) is 0 Å². The summed E-state index contributed by atoms with van der Waals surface area (Å²) in [5.41, 5.74) is 6.64. The number of rotatable bonds is 4. The molecule has 0 saturated carbocycles. The summed E-state index contributed by atoms with van der Waals surface area (Å²) < 4.78 is 1.67. The van der Waals surface area contributed by atoms with Crippen molar-refractivity contribution in [2.45, 2.75) is 10.9 Å². The molecule has 0 bridgehead atoms. The first-order valence-electron chi connectivity index (χ1n) is 5.07. The fraction of sp³-hybridized carbons (Fsp3) is 0.200. The van der Waals surface area contributed by atoms with Crippen LogP contribution in [-0.4, -0.2) is 19.7 Å². The molecule has 94 valence electrons. The standard InChI is InChI=1S/C10H11N5O2S/c1-14-10(12-6-13-14)18-5-7-2-3-9(15(16)17)8(11)4-7/h2-4,6H,5,11H2,1H3. The van der Waals surface area contributed by atoms with Crippen molar-refractivity contribution in [2.24, 2.45) is 7.05 Å². The Bertz CT molecular complexity index is 583. The Morgan fingerprint density at radius 1 is 1.56 bits per heavy atom. The van der Waals surface area contributed by atoms with Gasteiger partial charge in [0.05, 0.1) is 4.92 Å². The van der Waals surface area contributed by atoms with E-state index in [9.17, 15) is 10.1 Å². The number of nitrogens with two attached hydrogens (primary N) is 1. The van der Waals surface area contributed by atoms with Gasteiger partial charge in [0.15, 0.2) is 5.16 Å². The number of thioether (sulfide) groups is 1. The topological polar surface area (TPSA) is 99.9 Å². The van der Waals surface area contributed by atoms with Gasteiger partial charge in [-0.15, -0.1) is 0 Å². The van der Waals surface area contributed by atoms with Gasteiger partial charge in [0.2, 0.25) is 0 Å². The lowest BCUT2D eigenvalue weighted by Gasteiger charge is -2.03. The van der Waals surface area contributed by atoms with Crippen molar-refractivity contribution in [2.75, 3.05) is 5.73 Å². The molecule has 7 nitrogen and oxygen atoms in total. The third kappa shape index (κ3) is 2.59. The highest BCUT2D eigenvalue weighted by molar-refractivity contribution is 7.98. The van der Waals surface area contributed by atoms with Gasteiger partial charge >= 0.3 is 0 Å². The molecular weight excluding hydrogens is 254 g/mol. The quantitative estimate of drug-likeness (QED) is 0.390. The maximum Gasteiger partial charge on any atom is 0.292 e. The molecule has 2 N–H and O–H groups in total. The van der Waals surface area contributed by atoms with Crippen LogP contribution in [-0.2, 0) is 12.8 Å². The van der Waals surface area contributed by atoms with Gasteiger partial charge in [0, 0.05) is 18.9 Å². The molecule has 8 heteroatoms. The Labute approximate surface area is 107 Å². The smallest absolute Gasteiger partial charge is 0.292 e. The first-order valence-corrected chi connectivity index (χ1v) is 6.06. The zero-order valence-electron chi connectivity index (χ0n) is 9.61. The molecule has 0 aliphatic heterocycles. The van der Waals surface area contributed by atoms with E-state index in [1.807, 2.05) is 0 Å². The average Bonchev–Trinajstić information content (AvgIpc) is 2.72. The summed E-state index contributed by atoms with van der Waals surface area (Å²) in [6.07, 6.45) is 1.48. The van der Waals surface area contributed by atoms with Gasteiger partial charge in [0.1, 0.15) is 12.0 Å². The number of nitro groups is 1. The number of aromatic nitrogens is 3. The summed E-state index contributed by atoms with van der Waals surface area (Å²) in [5, 5.41) is 15.4. The van der Waals surface area contributed by atoms with Crippen LogP contribution in [0.25, 0.3) is 0 Å². The van der Waals surface area contributed by atoms with E-state index in [1.165, 1.54) is 24.2 Å². The average molecular weight is 265 g/mol. The van der Waals surface area contributed by atoms with Crippen molar-refractivity contribution in [3.8, 4) is 0 Å². The second-order valence-electron chi connectivity index (χ2n) is 3.61. The van der Waals surface area contributed by atoms with Gasteiger partial charge in [-0.05, 0) is 11.6 Å². The van der Waals surface area contributed by atoms with E-state index in [0.717, 1.165) is 10.7 Å². The maximum absolute atomic E-state index is 10.6. The minimum atomic E-state index is -0.491. The lowest BCUT2D eigenvalue weighted by Crippen LogP contribution is -1.97. The number of nitrogens with zero attached hydrogens (tertiary/aromatic N) is 4. The normalized spacial score (nSPS) is 10.5. The predicted molar refractivity (Wildman–Crippen MR) is 68.1 cm³/mol. The molecular formula is C10H11N5O2S. The molecule has 1 heterocycles. The van der Waals surface area contributed by atoms with E-state index in [4.69, 9.17) is 5.73 Å². The number of nitrogen functional groups attached to an aromatic ring is 1. The maximum atomic E-state index is 10.6. The van der Waals surface area contributed by atoms with E-state index < -0.39 is 4.92 Å². The summed E-state index contributed by atoms with van der Waals surface area (Å²) in [5.74, 6) is 0.634. The van der Waals surface area contributed by atoms with E-state index >= 15 is 0 Å². The lowest BCUT2D eigenvalue weighted by molar-refractivity contribution is -0.383. The minimum Gasteiger partial charge on any atom is -0.393 e. The third-order valence-electron chi connectivity index (χ3n) is 2.33. The number of anilines is 1. The number of hydrogen-bond acceptors (Lipinski definition) is 6. The molecule has 1 aromatic carbocycles. The highest BCUT2D eigenvalue weighted by atomic mass is 32.2. The van der Waals surface area contributed by atoms with Crippen LogP contribution in [0.4, 0.5) is 11.4 Å². The number of nitro benzene ring substituents is 1. The summed E-state index contributed by atoms with van der Waals surface area (Å²) in [6.45, 7) is 0. The molecule has 1 aromatic heterocycles. The molecule has 0 aliphatic carbocycles. The SMILES string of the molecule is Cn1ncnc1SCc1ccc([N+](=O)[O-])c(N)c1. The molecule has 0 fully saturated rings. The summed E-state index contributed by atoms with van der Waals surface area (Å²) in [4.78, 5) is 14.2. The summed E-state index contributed by atoms with van der Waals surface area (Å²) >= 11 is 1.49. The van der Waals surface area contributed by atoms with Crippen LogP contribution in [0.15, 0.2) is 29.7 Å². The van der Waals surface area contributed by atoms with Crippen molar-refractivity contribution in [3.05, 3.63) is 40.2 Å². The third-order valence-corrected chi connectivity index (χ3v) is 3.43. The predicted octanol–water partition coefficient (Wildman–Crippen LogP) is 1.60. The Morgan fingerprint density at radius 3 is 2.89 bits per heavy atom. The van der Waals surface area contributed by atoms with Crippen molar-refractivity contribution in [3.63, 3.8) is 0 Å². The Morgan fingerprint density at radius 2 is 2.33 bits per heavy atom. The zero-order valence-corrected chi connectivity index (χ0v) is 10.4. The van der Waals surface area contributed by atoms with Crippen molar-refractivity contribution in [1.29, 1.82) is 0 Å². The summed E-state index contributed by atoms with van der Waals surface area (Å²) in [6, 6.07) is 4.72. The van der Waals surface area contributed by atoms with Crippen LogP contribution in [0.2, 0.25) is 0 Å². The Kier molecular flexibility index (Phi) is 3.47.